The van der Waals surface area contributed by atoms with Gasteiger partial charge in [0.2, 0.25) is 10.0 Å². The minimum absolute atomic E-state index is 0.295. The van der Waals surface area contributed by atoms with Crippen LogP contribution in [-0.2, 0) is 16.6 Å². The van der Waals surface area contributed by atoms with Crippen LogP contribution in [0.25, 0.3) is 0 Å². The fraction of sp³-hybridized carbons (Fsp3) is 0.231. The third-order valence-corrected chi connectivity index (χ3v) is 5.25. The molecule has 0 spiro atoms. The summed E-state index contributed by atoms with van der Waals surface area (Å²) in [7, 11) is -4.45. The van der Waals surface area contributed by atoms with E-state index < -0.39 is 40.0 Å². The Morgan fingerprint density at radius 1 is 1.18 bits per heavy atom. The van der Waals surface area contributed by atoms with Crippen molar-refractivity contribution in [2.75, 3.05) is 6.54 Å². The van der Waals surface area contributed by atoms with Crippen LogP contribution in [0.4, 0.5) is 17.6 Å². The van der Waals surface area contributed by atoms with Crippen molar-refractivity contribution >= 4 is 21.4 Å². The van der Waals surface area contributed by atoms with E-state index in [1.807, 2.05) is 0 Å². The van der Waals surface area contributed by atoms with E-state index >= 15 is 0 Å². The average molecular weight is 353 g/mol. The van der Waals surface area contributed by atoms with Crippen LogP contribution >= 0.6 is 11.3 Å². The summed E-state index contributed by atoms with van der Waals surface area (Å²) in [5.74, 6) is -0.830. The van der Waals surface area contributed by atoms with Gasteiger partial charge in [0.25, 0.3) is 0 Å². The molecule has 0 bridgehead atoms. The number of hydrogen-bond donors (Lipinski definition) is 0. The molecule has 0 N–H and O–H groups in total. The molecular weight excluding hydrogens is 342 g/mol. The van der Waals surface area contributed by atoms with Gasteiger partial charge in [0.15, 0.2) is 0 Å². The first-order chi connectivity index (χ1) is 10.2. The molecule has 120 valence electrons. The van der Waals surface area contributed by atoms with E-state index in [-0.39, 0.29) is 0 Å². The molecule has 0 aliphatic rings. The lowest BCUT2D eigenvalue weighted by atomic mass is 10.3. The number of benzene rings is 1. The van der Waals surface area contributed by atoms with Gasteiger partial charge in [-0.15, -0.1) is 0 Å². The van der Waals surface area contributed by atoms with Gasteiger partial charge >= 0.3 is 6.18 Å². The van der Waals surface area contributed by atoms with Crippen LogP contribution in [0.3, 0.4) is 0 Å². The Hall–Kier alpha value is -1.45. The van der Waals surface area contributed by atoms with Crippen LogP contribution in [0.1, 0.15) is 5.56 Å². The van der Waals surface area contributed by atoms with E-state index in [4.69, 9.17) is 0 Å². The highest BCUT2D eigenvalue weighted by atomic mass is 32.2. The maximum atomic E-state index is 13.2. The minimum Gasteiger partial charge on any atom is -0.207 e. The maximum Gasteiger partial charge on any atom is 0.402 e. The van der Waals surface area contributed by atoms with Gasteiger partial charge in [0.1, 0.15) is 12.4 Å². The molecule has 1 aromatic heterocycles. The highest BCUT2D eigenvalue weighted by Gasteiger charge is 2.37. The molecule has 0 radical (unpaired) electrons. The minimum atomic E-state index is -4.70. The first kappa shape index (κ1) is 16.9. The van der Waals surface area contributed by atoms with Gasteiger partial charge in [-0.3, -0.25) is 0 Å². The predicted molar refractivity (Wildman–Crippen MR) is 74.4 cm³/mol. The molecule has 1 aromatic carbocycles. The third kappa shape index (κ3) is 4.28. The molecule has 0 fully saturated rings. The number of rotatable bonds is 5. The predicted octanol–water partition coefficient (Wildman–Crippen LogP) is 3.64. The highest BCUT2D eigenvalue weighted by molar-refractivity contribution is 7.89. The molecule has 2 aromatic rings. The van der Waals surface area contributed by atoms with Gasteiger partial charge in [-0.05, 0) is 40.6 Å². The molecule has 1 heterocycles. The Kier molecular flexibility index (Phi) is 4.88. The summed E-state index contributed by atoms with van der Waals surface area (Å²) >= 11 is 1.25. The Balaban J connectivity index is 2.38. The van der Waals surface area contributed by atoms with E-state index in [9.17, 15) is 26.0 Å². The van der Waals surface area contributed by atoms with Crippen molar-refractivity contribution in [3.05, 3.63) is 52.5 Å². The number of thiophene rings is 1. The Morgan fingerprint density at radius 2 is 1.91 bits per heavy atom. The second-order valence-corrected chi connectivity index (χ2v) is 7.20. The highest BCUT2D eigenvalue weighted by Crippen LogP contribution is 2.25. The lowest BCUT2D eigenvalue weighted by Gasteiger charge is -2.23. The quantitative estimate of drug-likeness (QED) is 0.770. The molecule has 0 aliphatic carbocycles. The van der Waals surface area contributed by atoms with Crippen molar-refractivity contribution in [1.29, 1.82) is 0 Å². The lowest BCUT2D eigenvalue weighted by molar-refractivity contribution is -0.136. The van der Waals surface area contributed by atoms with E-state index in [0.29, 0.717) is 15.9 Å². The summed E-state index contributed by atoms with van der Waals surface area (Å²) in [4.78, 5) is -0.507. The number of alkyl halides is 3. The first-order valence-corrected chi connectivity index (χ1v) is 8.40. The van der Waals surface area contributed by atoms with Gasteiger partial charge in [-0.25, -0.2) is 12.8 Å². The molecule has 0 unspecified atom stereocenters. The van der Waals surface area contributed by atoms with Gasteiger partial charge in [0, 0.05) is 6.54 Å². The summed E-state index contributed by atoms with van der Waals surface area (Å²) in [6, 6.07) is 5.46. The molecule has 9 heteroatoms. The average Bonchev–Trinajstić information content (AvgIpc) is 2.89. The lowest BCUT2D eigenvalue weighted by Crippen LogP contribution is -2.38. The van der Waals surface area contributed by atoms with Crippen LogP contribution < -0.4 is 0 Å². The van der Waals surface area contributed by atoms with Gasteiger partial charge in [-0.1, -0.05) is 6.07 Å². The summed E-state index contributed by atoms with van der Waals surface area (Å²) in [6.45, 7) is -2.07. The maximum absolute atomic E-state index is 13.2. The van der Waals surface area contributed by atoms with Crippen LogP contribution in [0.5, 0.6) is 0 Å². The second-order valence-electron chi connectivity index (χ2n) is 4.48. The topological polar surface area (TPSA) is 37.4 Å². The largest absolute Gasteiger partial charge is 0.402 e. The third-order valence-electron chi connectivity index (χ3n) is 2.73. The van der Waals surface area contributed by atoms with E-state index in [2.05, 4.69) is 0 Å². The van der Waals surface area contributed by atoms with Crippen molar-refractivity contribution in [2.24, 2.45) is 0 Å². The first-order valence-electron chi connectivity index (χ1n) is 6.02. The fourth-order valence-electron chi connectivity index (χ4n) is 1.79. The number of sulfonamides is 1. The molecule has 0 saturated heterocycles. The summed E-state index contributed by atoms with van der Waals surface area (Å²) < 4.78 is 76.2. The van der Waals surface area contributed by atoms with Crippen molar-refractivity contribution in [3.8, 4) is 0 Å². The number of nitrogens with zero attached hydrogens (tertiary/aromatic N) is 1. The molecule has 0 aliphatic heterocycles. The van der Waals surface area contributed by atoms with Gasteiger partial charge < -0.3 is 0 Å². The zero-order valence-corrected chi connectivity index (χ0v) is 12.7. The van der Waals surface area contributed by atoms with Crippen molar-refractivity contribution < 1.29 is 26.0 Å². The van der Waals surface area contributed by atoms with Gasteiger partial charge in [-0.2, -0.15) is 28.8 Å². The standard InChI is InChI=1S/C13H11F4NO2S2/c14-11-2-1-3-12(6-11)22(19,20)18(9-13(15,16)17)7-10-4-5-21-8-10/h1-6,8H,7,9H2. The van der Waals surface area contributed by atoms with E-state index in [0.717, 1.165) is 18.2 Å². The Morgan fingerprint density at radius 3 is 2.45 bits per heavy atom. The summed E-state index contributed by atoms with van der Waals surface area (Å²) in [5.41, 5.74) is 0.439. The van der Waals surface area contributed by atoms with Crippen molar-refractivity contribution in [2.45, 2.75) is 17.6 Å². The molecular formula is C13H11F4NO2S2. The second kappa shape index (κ2) is 6.35. The van der Waals surface area contributed by atoms with Gasteiger partial charge in [0.05, 0.1) is 4.90 Å². The SMILES string of the molecule is O=S(=O)(c1cccc(F)c1)N(Cc1ccsc1)CC(F)(F)F. The summed E-state index contributed by atoms with van der Waals surface area (Å²) in [5, 5.41) is 3.19. The smallest absolute Gasteiger partial charge is 0.207 e. The molecule has 22 heavy (non-hydrogen) atoms. The molecule has 2 rings (SSSR count). The molecule has 0 saturated carbocycles. The van der Waals surface area contributed by atoms with Crippen molar-refractivity contribution in [3.63, 3.8) is 0 Å². The van der Waals surface area contributed by atoms with Crippen molar-refractivity contribution in [1.82, 2.24) is 4.31 Å². The van der Waals surface area contributed by atoms with Crippen LogP contribution in [0, 0.1) is 5.82 Å². The molecule has 0 atom stereocenters. The molecule has 3 nitrogen and oxygen atoms in total. The summed E-state index contributed by atoms with van der Waals surface area (Å²) in [6.07, 6.45) is -4.70. The van der Waals surface area contributed by atoms with Crippen LogP contribution in [0.15, 0.2) is 46.0 Å². The number of halogens is 4. The zero-order chi connectivity index (χ0) is 16.4. The number of hydrogen-bond acceptors (Lipinski definition) is 3. The Bertz CT molecular complexity index is 727. The zero-order valence-electron chi connectivity index (χ0n) is 11.0. The molecule has 0 amide bonds. The van der Waals surface area contributed by atoms with Crippen LogP contribution in [0.2, 0.25) is 0 Å². The van der Waals surface area contributed by atoms with Crippen LogP contribution in [-0.4, -0.2) is 25.4 Å². The monoisotopic (exact) mass is 353 g/mol. The van der Waals surface area contributed by atoms with E-state index in [1.54, 1.807) is 10.8 Å². The normalized spacial score (nSPS) is 12.8. The Labute approximate surface area is 128 Å². The van der Waals surface area contributed by atoms with E-state index in [1.165, 1.54) is 17.4 Å². The fourth-order valence-corrected chi connectivity index (χ4v) is 3.89.